The van der Waals surface area contributed by atoms with Crippen molar-refractivity contribution < 1.29 is 28.9 Å². The summed E-state index contributed by atoms with van der Waals surface area (Å²) in [6.07, 6.45) is 2.58. The average Bonchev–Trinajstić information content (AvgIpc) is 3.19. The second-order valence-electron chi connectivity index (χ2n) is 9.57. The molecule has 4 atom stereocenters. The summed E-state index contributed by atoms with van der Waals surface area (Å²) in [5.74, 6) is 1.49. The number of hydrogen-bond acceptors (Lipinski definition) is 6. The van der Waals surface area contributed by atoms with Crippen LogP contribution in [0.4, 0.5) is 5.69 Å². The highest BCUT2D eigenvalue weighted by molar-refractivity contribution is 5.93. The molecule has 2 amide bonds. The molecule has 1 saturated heterocycles. The predicted octanol–water partition coefficient (Wildman–Crippen LogP) is 3.13. The van der Waals surface area contributed by atoms with Gasteiger partial charge >= 0.3 is 0 Å². The van der Waals surface area contributed by atoms with Gasteiger partial charge in [0.1, 0.15) is 23.7 Å². The molecule has 2 heterocycles. The molecule has 0 spiro atoms. The van der Waals surface area contributed by atoms with Gasteiger partial charge in [-0.05, 0) is 43.5 Å². The second kappa shape index (κ2) is 10.3. The van der Waals surface area contributed by atoms with Gasteiger partial charge in [-0.1, -0.05) is 24.6 Å². The van der Waals surface area contributed by atoms with Crippen LogP contribution in [0.15, 0.2) is 42.5 Å². The lowest BCUT2D eigenvalue weighted by Crippen LogP contribution is -2.47. The molecular weight excluding hydrogens is 448 g/mol. The summed E-state index contributed by atoms with van der Waals surface area (Å²) in [7, 11) is 1.60. The number of para-hydroxylation sites is 1. The minimum Gasteiger partial charge on any atom is -0.496 e. The first-order chi connectivity index (χ1) is 17.1. The number of rotatable bonds is 8. The van der Waals surface area contributed by atoms with Gasteiger partial charge in [-0.15, -0.1) is 0 Å². The van der Waals surface area contributed by atoms with E-state index < -0.39 is 6.10 Å². The summed E-state index contributed by atoms with van der Waals surface area (Å²) in [5, 5.41) is 15.9. The molecule has 3 N–H and O–H groups in total. The molecule has 35 heavy (non-hydrogen) atoms. The molecule has 0 radical (unpaired) electrons. The number of nitrogens with one attached hydrogen (secondary N) is 2. The zero-order chi connectivity index (χ0) is 24.4. The molecule has 1 saturated carbocycles. The van der Waals surface area contributed by atoms with Gasteiger partial charge in [0.2, 0.25) is 11.8 Å². The van der Waals surface area contributed by atoms with E-state index in [2.05, 4.69) is 10.6 Å². The summed E-state index contributed by atoms with van der Waals surface area (Å²) >= 11 is 0. The fourth-order valence-corrected chi connectivity index (χ4v) is 5.20. The zero-order valence-electron chi connectivity index (χ0n) is 19.9. The topological polar surface area (TPSA) is 106 Å². The molecule has 8 heteroatoms. The molecule has 2 aromatic rings. The van der Waals surface area contributed by atoms with Crippen molar-refractivity contribution in [3.8, 4) is 11.5 Å². The molecule has 1 aliphatic carbocycles. The van der Waals surface area contributed by atoms with E-state index in [1.165, 1.54) is 0 Å². The van der Waals surface area contributed by atoms with Crippen LogP contribution >= 0.6 is 0 Å². The highest BCUT2D eigenvalue weighted by Gasteiger charge is 2.46. The molecule has 2 aromatic carbocycles. The Kier molecular flexibility index (Phi) is 6.92. The van der Waals surface area contributed by atoms with Crippen molar-refractivity contribution in [3.05, 3.63) is 53.6 Å². The van der Waals surface area contributed by atoms with Crippen LogP contribution in [-0.2, 0) is 20.9 Å². The SMILES string of the molecule is COc1ccccc1CNC(=O)C[C@H]1C[C@@H]2c3cc(NC(=O)C4CCC4)ccc3O[C@@H]2[C@@H](CO)O1. The van der Waals surface area contributed by atoms with Crippen molar-refractivity contribution in [1.29, 1.82) is 0 Å². The number of methoxy groups -OCH3 is 1. The molecule has 8 nitrogen and oxygen atoms in total. The first-order valence-corrected chi connectivity index (χ1v) is 12.3. The predicted molar refractivity (Wildman–Crippen MR) is 129 cm³/mol. The Labute approximate surface area is 205 Å². The number of aliphatic hydroxyl groups excluding tert-OH is 1. The van der Waals surface area contributed by atoms with E-state index >= 15 is 0 Å². The quantitative estimate of drug-likeness (QED) is 0.536. The van der Waals surface area contributed by atoms with Gasteiger partial charge in [0.05, 0.1) is 26.2 Å². The van der Waals surface area contributed by atoms with Crippen molar-refractivity contribution in [1.82, 2.24) is 5.32 Å². The first-order valence-electron chi connectivity index (χ1n) is 12.3. The van der Waals surface area contributed by atoms with Gasteiger partial charge in [0.15, 0.2) is 0 Å². The summed E-state index contributed by atoms with van der Waals surface area (Å²) in [6.45, 7) is 0.167. The van der Waals surface area contributed by atoms with Crippen molar-refractivity contribution in [2.45, 2.75) is 62.9 Å². The lowest BCUT2D eigenvalue weighted by Gasteiger charge is -2.37. The molecule has 0 unspecified atom stereocenters. The van der Waals surface area contributed by atoms with Crippen LogP contribution in [0.5, 0.6) is 11.5 Å². The molecule has 186 valence electrons. The smallest absolute Gasteiger partial charge is 0.227 e. The van der Waals surface area contributed by atoms with Crippen LogP contribution in [0.2, 0.25) is 0 Å². The Morgan fingerprint density at radius 2 is 2.00 bits per heavy atom. The van der Waals surface area contributed by atoms with Gasteiger partial charge in [0, 0.05) is 35.2 Å². The number of carbonyl (C=O) groups is 2. The third-order valence-electron chi connectivity index (χ3n) is 7.32. The Morgan fingerprint density at radius 1 is 1.17 bits per heavy atom. The third kappa shape index (κ3) is 4.99. The van der Waals surface area contributed by atoms with Crippen molar-refractivity contribution in [3.63, 3.8) is 0 Å². The van der Waals surface area contributed by atoms with Gasteiger partial charge < -0.3 is 30.0 Å². The number of benzene rings is 2. The van der Waals surface area contributed by atoms with E-state index in [9.17, 15) is 14.7 Å². The molecule has 5 rings (SSSR count). The molecule has 0 aromatic heterocycles. The van der Waals surface area contributed by atoms with Gasteiger partial charge in [-0.3, -0.25) is 9.59 Å². The number of carbonyl (C=O) groups excluding carboxylic acids is 2. The lowest BCUT2D eigenvalue weighted by molar-refractivity contribution is -0.142. The van der Waals surface area contributed by atoms with Crippen LogP contribution in [0, 0.1) is 5.92 Å². The monoisotopic (exact) mass is 480 g/mol. The fraction of sp³-hybridized carbons (Fsp3) is 0.481. The lowest BCUT2D eigenvalue weighted by atomic mass is 9.83. The highest BCUT2D eigenvalue weighted by Crippen LogP contribution is 2.47. The molecule has 2 fully saturated rings. The van der Waals surface area contributed by atoms with E-state index in [0.717, 1.165) is 47.6 Å². The van der Waals surface area contributed by atoms with Gasteiger partial charge in [0.25, 0.3) is 0 Å². The van der Waals surface area contributed by atoms with E-state index in [1.54, 1.807) is 7.11 Å². The van der Waals surface area contributed by atoms with E-state index in [4.69, 9.17) is 14.2 Å². The molecule has 3 aliphatic rings. The van der Waals surface area contributed by atoms with E-state index in [0.29, 0.717) is 13.0 Å². The average molecular weight is 481 g/mol. The minimum absolute atomic E-state index is 0.0246. The van der Waals surface area contributed by atoms with Gasteiger partial charge in [-0.25, -0.2) is 0 Å². The number of anilines is 1. The normalized spacial score (nSPS) is 25.0. The Morgan fingerprint density at radius 3 is 2.74 bits per heavy atom. The Balaban J connectivity index is 1.24. The van der Waals surface area contributed by atoms with Crippen molar-refractivity contribution >= 4 is 17.5 Å². The second-order valence-corrected chi connectivity index (χ2v) is 9.57. The van der Waals surface area contributed by atoms with Crippen LogP contribution in [-0.4, -0.2) is 48.9 Å². The minimum atomic E-state index is -0.527. The number of aliphatic hydroxyl groups is 1. The van der Waals surface area contributed by atoms with Crippen LogP contribution < -0.4 is 20.1 Å². The number of fused-ring (bicyclic) bond motifs is 3. The summed E-state index contributed by atoms with van der Waals surface area (Å²) in [6, 6.07) is 13.2. The number of ether oxygens (including phenoxy) is 3. The number of amides is 2. The summed E-state index contributed by atoms with van der Waals surface area (Å²) in [4.78, 5) is 25.1. The maximum Gasteiger partial charge on any atom is 0.227 e. The maximum absolute atomic E-state index is 12.7. The van der Waals surface area contributed by atoms with Crippen molar-refractivity contribution in [2.24, 2.45) is 5.92 Å². The zero-order valence-corrected chi connectivity index (χ0v) is 19.9. The van der Waals surface area contributed by atoms with Crippen LogP contribution in [0.1, 0.15) is 49.1 Å². The molecule has 2 aliphatic heterocycles. The summed E-state index contributed by atoms with van der Waals surface area (Å²) in [5.41, 5.74) is 2.64. The largest absolute Gasteiger partial charge is 0.496 e. The standard InChI is InChI=1S/C27H32N2O6/c1-33-22-8-3-2-5-17(22)14-28-25(31)13-19-12-21-20-11-18(29-27(32)16-6-4-7-16)9-10-23(20)35-26(21)24(15-30)34-19/h2-3,5,8-11,16,19,21,24,26,30H,4,6-7,12-15H2,1H3,(H,28,31)(H,29,32)/t19-,21-,24-,26+/m1/s1. The molecular formula is C27H32N2O6. The highest BCUT2D eigenvalue weighted by atomic mass is 16.6. The van der Waals surface area contributed by atoms with Gasteiger partial charge in [-0.2, -0.15) is 0 Å². The number of hydrogen-bond donors (Lipinski definition) is 3. The van der Waals surface area contributed by atoms with E-state index in [-0.39, 0.29) is 48.9 Å². The first kappa shape index (κ1) is 23.6. The fourth-order valence-electron chi connectivity index (χ4n) is 5.20. The Bertz CT molecular complexity index is 1090. The summed E-state index contributed by atoms with van der Waals surface area (Å²) < 4.78 is 17.5. The van der Waals surface area contributed by atoms with Crippen LogP contribution in [0.25, 0.3) is 0 Å². The van der Waals surface area contributed by atoms with E-state index in [1.807, 2.05) is 42.5 Å². The third-order valence-corrected chi connectivity index (χ3v) is 7.32. The molecule has 0 bridgehead atoms. The maximum atomic E-state index is 12.7. The van der Waals surface area contributed by atoms with Crippen molar-refractivity contribution in [2.75, 3.05) is 19.0 Å². The Hall–Kier alpha value is -3.10. The van der Waals surface area contributed by atoms with Crippen LogP contribution in [0.3, 0.4) is 0 Å².